The van der Waals surface area contributed by atoms with E-state index in [-0.39, 0.29) is 12.0 Å². The Labute approximate surface area is 115 Å². The maximum absolute atomic E-state index is 11.6. The molecule has 5 heteroatoms. The Morgan fingerprint density at radius 1 is 1.53 bits per heavy atom. The molecule has 0 bridgehead atoms. The molecule has 0 unspecified atom stereocenters. The van der Waals surface area contributed by atoms with Crippen LogP contribution in [0.5, 0.6) is 0 Å². The summed E-state index contributed by atoms with van der Waals surface area (Å²) in [4.78, 5) is 12.7. The van der Waals surface area contributed by atoms with Crippen molar-refractivity contribution in [2.75, 3.05) is 13.7 Å². The van der Waals surface area contributed by atoms with Gasteiger partial charge in [-0.25, -0.2) is 0 Å². The molecule has 1 atom stereocenters. The van der Waals surface area contributed by atoms with E-state index < -0.39 is 0 Å². The topological polar surface area (TPSA) is 51.5 Å². The van der Waals surface area contributed by atoms with E-state index >= 15 is 0 Å². The Morgan fingerprint density at radius 3 is 3.05 bits per heavy atom. The second-order valence-corrected chi connectivity index (χ2v) is 4.81. The highest BCUT2D eigenvalue weighted by Gasteiger charge is 2.13. The van der Waals surface area contributed by atoms with Crippen LogP contribution in [-0.2, 0) is 9.53 Å². The third-order valence-corrected chi connectivity index (χ3v) is 3.39. The zero-order valence-corrected chi connectivity index (χ0v) is 11.4. The van der Waals surface area contributed by atoms with Crippen LogP contribution in [0.3, 0.4) is 0 Å². The lowest BCUT2D eigenvalue weighted by Gasteiger charge is -2.12. The van der Waals surface area contributed by atoms with Crippen molar-refractivity contribution in [1.82, 2.24) is 5.32 Å². The zero-order chi connectivity index (χ0) is 13.5. The zero-order valence-electron chi connectivity index (χ0n) is 10.5. The minimum Gasteiger partial charge on any atom is -0.467 e. The highest BCUT2D eigenvalue weighted by molar-refractivity contribution is 7.10. The van der Waals surface area contributed by atoms with Gasteiger partial charge in [0.05, 0.1) is 12.8 Å². The molecule has 4 nitrogen and oxygen atoms in total. The SMILES string of the molecule is CO[C@H](CNC(=O)/C=C/c1cccs1)c1ccco1. The number of nitrogens with one attached hydrogen (secondary N) is 1. The number of ether oxygens (including phenoxy) is 1. The first-order chi connectivity index (χ1) is 9.29. The standard InChI is InChI=1S/C14H15NO3S/c1-17-13(12-5-2-8-18-12)10-15-14(16)7-6-11-4-3-9-19-11/h2-9,13H,10H2,1H3,(H,15,16)/b7-6+/t13-/m1/s1. The van der Waals surface area contributed by atoms with Crippen LogP contribution < -0.4 is 5.32 Å². The molecule has 2 aromatic rings. The van der Waals surface area contributed by atoms with Crippen molar-refractivity contribution in [3.05, 3.63) is 52.6 Å². The normalized spacial score (nSPS) is 12.7. The van der Waals surface area contributed by atoms with Crippen molar-refractivity contribution in [1.29, 1.82) is 0 Å². The molecule has 0 aliphatic heterocycles. The Morgan fingerprint density at radius 2 is 2.42 bits per heavy atom. The summed E-state index contributed by atoms with van der Waals surface area (Å²) in [6.07, 6.45) is 4.61. The molecule has 0 aliphatic carbocycles. The van der Waals surface area contributed by atoms with Gasteiger partial charge in [-0.05, 0) is 29.7 Å². The minimum atomic E-state index is -0.269. The molecule has 0 radical (unpaired) electrons. The van der Waals surface area contributed by atoms with Crippen LogP contribution in [0, 0.1) is 0 Å². The summed E-state index contributed by atoms with van der Waals surface area (Å²) in [6.45, 7) is 0.373. The van der Waals surface area contributed by atoms with Crippen molar-refractivity contribution >= 4 is 23.3 Å². The van der Waals surface area contributed by atoms with Crippen molar-refractivity contribution < 1.29 is 13.9 Å². The Bertz CT molecular complexity index is 517. The number of amides is 1. The molecular formula is C14H15NO3S. The smallest absolute Gasteiger partial charge is 0.244 e. The summed E-state index contributed by atoms with van der Waals surface area (Å²) in [7, 11) is 1.58. The molecule has 0 saturated carbocycles. The third-order valence-electron chi connectivity index (χ3n) is 2.55. The van der Waals surface area contributed by atoms with Gasteiger partial charge in [0.15, 0.2) is 0 Å². The van der Waals surface area contributed by atoms with E-state index in [1.807, 2.05) is 23.6 Å². The number of hydrogen-bond donors (Lipinski definition) is 1. The van der Waals surface area contributed by atoms with E-state index in [1.165, 1.54) is 6.08 Å². The molecule has 100 valence electrons. The summed E-state index contributed by atoms with van der Waals surface area (Å²) < 4.78 is 10.5. The van der Waals surface area contributed by atoms with Gasteiger partial charge in [-0.1, -0.05) is 6.07 Å². The quantitative estimate of drug-likeness (QED) is 0.826. The summed E-state index contributed by atoms with van der Waals surface area (Å²) in [5.41, 5.74) is 0. The number of rotatable bonds is 6. The number of furan rings is 1. The second-order valence-electron chi connectivity index (χ2n) is 3.83. The van der Waals surface area contributed by atoms with Crippen LogP contribution in [-0.4, -0.2) is 19.6 Å². The molecule has 0 fully saturated rings. The summed E-state index contributed by atoms with van der Waals surface area (Å²) >= 11 is 1.59. The van der Waals surface area contributed by atoms with Gasteiger partial charge in [0.25, 0.3) is 0 Å². The minimum absolute atomic E-state index is 0.151. The Hall–Kier alpha value is -1.85. The molecular weight excluding hydrogens is 262 g/mol. The molecule has 1 amide bonds. The molecule has 0 saturated heterocycles. The van der Waals surface area contributed by atoms with Crippen LogP contribution in [0.1, 0.15) is 16.7 Å². The summed E-state index contributed by atoms with van der Waals surface area (Å²) in [5.74, 6) is 0.548. The van der Waals surface area contributed by atoms with Gasteiger partial charge in [-0.15, -0.1) is 11.3 Å². The molecule has 1 N–H and O–H groups in total. The molecule has 0 spiro atoms. The van der Waals surface area contributed by atoms with Crippen LogP contribution >= 0.6 is 11.3 Å². The average molecular weight is 277 g/mol. The maximum atomic E-state index is 11.6. The molecule has 2 aromatic heterocycles. The van der Waals surface area contributed by atoms with Gasteiger partial charge in [0, 0.05) is 18.1 Å². The van der Waals surface area contributed by atoms with Crippen LogP contribution in [0.2, 0.25) is 0 Å². The molecule has 19 heavy (non-hydrogen) atoms. The van der Waals surface area contributed by atoms with Crippen LogP contribution in [0.4, 0.5) is 0 Å². The number of methoxy groups -OCH3 is 1. The second kappa shape index (κ2) is 6.92. The number of hydrogen-bond acceptors (Lipinski definition) is 4. The van der Waals surface area contributed by atoms with Gasteiger partial charge >= 0.3 is 0 Å². The molecule has 0 aromatic carbocycles. The van der Waals surface area contributed by atoms with Crippen molar-refractivity contribution in [2.45, 2.75) is 6.10 Å². The maximum Gasteiger partial charge on any atom is 0.244 e. The fourth-order valence-corrected chi connectivity index (χ4v) is 2.19. The van der Waals surface area contributed by atoms with Crippen molar-refractivity contribution in [3.8, 4) is 0 Å². The first-order valence-corrected chi connectivity index (χ1v) is 6.73. The van der Waals surface area contributed by atoms with E-state index in [0.29, 0.717) is 12.3 Å². The lowest BCUT2D eigenvalue weighted by atomic mass is 10.2. The number of carbonyl (C=O) groups is 1. The fourth-order valence-electron chi connectivity index (χ4n) is 1.57. The highest BCUT2D eigenvalue weighted by Crippen LogP contribution is 2.15. The van der Waals surface area contributed by atoms with E-state index in [4.69, 9.17) is 9.15 Å². The van der Waals surface area contributed by atoms with Gasteiger partial charge < -0.3 is 14.5 Å². The molecule has 0 aliphatic rings. The Kier molecular flexibility index (Phi) is 4.94. The van der Waals surface area contributed by atoms with Crippen LogP contribution in [0.25, 0.3) is 6.08 Å². The van der Waals surface area contributed by atoms with Gasteiger partial charge in [-0.2, -0.15) is 0 Å². The largest absolute Gasteiger partial charge is 0.467 e. The predicted molar refractivity (Wildman–Crippen MR) is 74.8 cm³/mol. The lowest BCUT2D eigenvalue weighted by Crippen LogP contribution is -2.27. The molecule has 2 heterocycles. The summed E-state index contributed by atoms with van der Waals surface area (Å²) in [5, 5.41) is 4.75. The Balaban J connectivity index is 1.82. The van der Waals surface area contributed by atoms with Crippen LogP contribution in [0.15, 0.2) is 46.4 Å². The van der Waals surface area contributed by atoms with E-state index in [9.17, 15) is 4.79 Å². The van der Waals surface area contributed by atoms with Crippen molar-refractivity contribution in [3.63, 3.8) is 0 Å². The predicted octanol–water partition coefficient (Wildman–Crippen LogP) is 2.86. The van der Waals surface area contributed by atoms with Crippen molar-refractivity contribution in [2.24, 2.45) is 0 Å². The first kappa shape index (κ1) is 13.6. The average Bonchev–Trinajstić information content (AvgIpc) is 3.10. The fraction of sp³-hybridized carbons (Fsp3) is 0.214. The number of thiophene rings is 1. The summed E-state index contributed by atoms with van der Waals surface area (Å²) in [6, 6.07) is 7.51. The number of carbonyl (C=O) groups excluding carboxylic acids is 1. The molecule has 2 rings (SSSR count). The van der Waals surface area contributed by atoms with Gasteiger partial charge in [0.2, 0.25) is 5.91 Å². The third kappa shape index (κ3) is 4.08. The van der Waals surface area contributed by atoms with E-state index in [2.05, 4.69) is 5.32 Å². The first-order valence-electron chi connectivity index (χ1n) is 5.85. The van der Waals surface area contributed by atoms with E-state index in [0.717, 1.165) is 4.88 Å². The van der Waals surface area contributed by atoms with Gasteiger partial charge in [-0.3, -0.25) is 4.79 Å². The monoisotopic (exact) mass is 277 g/mol. The van der Waals surface area contributed by atoms with Gasteiger partial charge in [0.1, 0.15) is 11.9 Å². The van der Waals surface area contributed by atoms with E-state index in [1.54, 1.807) is 36.9 Å². The highest BCUT2D eigenvalue weighted by atomic mass is 32.1. The lowest BCUT2D eigenvalue weighted by molar-refractivity contribution is -0.117.